The molecule has 4 nitrogen and oxygen atoms in total. The lowest BCUT2D eigenvalue weighted by atomic mass is 9.84. The summed E-state index contributed by atoms with van der Waals surface area (Å²) in [4.78, 5) is 37.5. The molecule has 3 aromatic carbocycles. The molecule has 0 spiro atoms. The summed E-state index contributed by atoms with van der Waals surface area (Å²) < 4.78 is 0. The minimum atomic E-state index is -0.311. The van der Waals surface area contributed by atoms with Gasteiger partial charge in [-0.05, 0) is 29.8 Å². The van der Waals surface area contributed by atoms with E-state index in [1.807, 2.05) is 30.3 Å². The van der Waals surface area contributed by atoms with Crippen molar-refractivity contribution in [2.24, 2.45) is 0 Å². The average molecular weight is 353 g/mol. The van der Waals surface area contributed by atoms with Gasteiger partial charge in [0.05, 0.1) is 0 Å². The Morgan fingerprint density at radius 1 is 0.704 bits per heavy atom. The number of fused-ring (bicyclic) bond motifs is 2. The number of rotatable bonds is 3. The van der Waals surface area contributed by atoms with E-state index >= 15 is 0 Å². The smallest absolute Gasteiger partial charge is 0.248 e. The second-order valence-corrected chi connectivity index (χ2v) is 6.20. The maximum atomic E-state index is 12.7. The zero-order valence-electron chi connectivity index (χ0n) is 14.3. The van der Waals surface area contributed by atoms with Crippen LogP contribution in [-0.2, 0) is 4.79 Å². The lowest BCUT2D eigenvalue weighted by molar-refractivity contribution is -0.111. The molecule has 1 amide bonds. The standard InChI is InChI=1S/C23H15NO3/c25-21(13-10-15-6-2-1-3-7-15)24-16-11-12-19-20(14-16)23(27)18-9-5-4-8-17(18)22(19)26/h1-14H,(H,24,25)/b13-10+. The van der Waals surface area contributed by atoms with Crippen LogP contribution in [0.1, 0.15) is 37.4 Å². The van der Waals surface area contributed by atoms with Crippen molar-refractivity contribution in [3.8, 4) is 0 Å². The van der Waals surface area contributed by atoms with Gasteiger partial charge in [0.1, 0.15) is 0 Å². The largest absolute Gasteiger partial charge is 0.322 e. The zero-order chi connectivity index (χ0) is 18.8. The van der Waals surface area contributed by atoms with E-state index in [0.29, 0.717) is 27.9 Å². The number of hydrogen-bond donors (Lipinski definition) is 1. The predicted molar refractivity (Wildman–Crippen MR) is 104 cm³/mol. The Labute approximate surface area is 156 Å². The molecule has 0 unspecified atom stereocenters. The van der Waals surface area contributed by atoms with Gasteiger partial charge in [0.15, 0.2) is 11.6 Å². The second kappa shape index (κ2) is 6.84. The van der Waals surface area contributed by atoms with Crippen molar-refractivity contribution in [2.75, 3.05) is 5.32 Å². The summed E-state index contributed by atoms with van der Waals surface area (Å²) in [5.41, 5.74) is 2.85. The molecule has 0 fully saturated rings. The second-order valence-electron chi connectivity index (χ2n) is 6.20. The van der Waals surface area contributed by atoms with Crippen molar-refractivity contribution < 1.29 is 14.4 Å². The number of nitrogens with one attached hydrogen (secondary N) is 1. The maximum absolute atomic E-state index is 12.7. The van der Waals surface area contributed by atoms with E-state index in [-0.39, 0.29) is 17.5 Å². The highest BCUT2D eigenvalue weighted by molar-refractivity contribution is 6.28. The van der Waals surface area contributed by atoms with Crippen LogP contribution >= 0.6 is 0 Å². The van der Waals surface area contributed by atoms with E-state index in [1.165, 1.54) is 6.08 Å². The first kappa shape index (κ1) is 16.7. The Kier molecular flexibility index (Phi) is 4.22. The monoisotopic (exact) mass is 353 g/mol. The summed E-state index contributed by atoms with van der Waals surface area (Å²) in [7, 11) is 0. The number of hydrogen-bond acceptors (Lipinski definition) is 3. The fraction of sp³-hybridized carbons (Fsp3) is 0. The first-order chi connectivity index (χ1) is 13.1. The molecule has 1 aliphatic carbocycles. The van der Waals surface area contributed by atoms with Crippen LogP contribution in [0.2, 0.25) is 0 Å². The average Bonchev–Trinajstić information content (AvgIpc) is 2.71. The van der Waals surface area contributed by atoms with E-state index in [0.717, 1.165) is 5.56 Å². The van der Waals surface area contributed by atoms with Gasteiger partial charge >= 0.3 is 0 Å². The van der Waals surface area contributed by atoms with Crippen LogP contribution in [0, 0.1) is 0 Å². The molecule has 0 heterocycles. The Bertz CT molecular complexity index is 1100. The molecule has 0 aromatic heterocycles. The van der Waals surface area contributed by atoms with Gasteiger partial charge in [-0.1, -0.05) is 54.6 Å². The fourth-order valence-electron chi connectivity index (χ4n) is 3.10. The molecule has 4 rings (SSSR count). The third-order valence-electron chi connectivity index (χ3n) is 4.42. The van der Waals surface area contributed by atoms with Crippen LogP contribution in [0.3, 0.4) is 0 Å². The normalized spacial score (nSPS) is 12.6. The Morgan fingerprint density at radius 2 is 1.30 bits per heavy atom. The van der Waals surface area contributed by atoms with Crippen LogP contribution < -0.4 is 5.32 Å². The summed E-state index contributed by atoms with van der Waals surface area (Å²) in [5.74, 6) is -0.702. The van der Waals surface area contributed by atoms with Gasteiger partial charge in [-0.3, -0.25) is 14.4 Å². The van der Waals surface area contributed by atoms with Crippen molar-refractivity contribution in [3.05, 3.63) is 107 Å². The summed E-state index contributed by atoms with van der Waals surface area (Å²) >= 11 is 0. The number of carbonyl (C=O) groups is 3. The van der Waals surface area contributed by atoms with Crippen molar-refractivity contribution in [2.45, 2.75) is 0 Å². The minimum absolute atomic E-state index is 0.179. The van der Waals surface area contributed by atoms with E-state index < -0.39 is 0 Å². The first-order valence-corrected chi connectivity index (χ1v) is 8.50. The van der Waals surface area contributed by atoms with Gasteiger partial charge in [-0.25, -0.2) is 0 Å². The molecule has 4 heteroatoms. The molecule has 0 bridgehead atoms. The van der Waals surface area contributed by atoms with Gasteiger partial charge < -0.3 is 5.32 Å². The summed E-state index contributed by atoms with van der Waals surface area (Å²) in [6.07, 6.45) is 3.13. The zero-order valence-corrected chi connectivity index (χ0v) is 14.3. The number of ketones is 2. The topological polar surface area (TPSA) is 63.2 Å². The number of anilines is 1. The molecule has 0 aliphatic heterocycles. The molecule has 1 aliphatic rings. The molecule has 130 valence electrons. The third-order valence-corrected chi connectivity index (χ3v) is 4.42. The van der Waals surface area contributed by atoms with Crippen molar-refractivity contribution in [3.63, 3.8) is 0 Å². The summed E-state index contributed by atoms with van der Waals surface area (Å²) in [5, 5.41) is 2.73. The fourth-order valence-corrected chi connectivity index (χ4v) is 3.10. The van der Waals surface area contributed by atoms with Gasteiger partial charge in [0, 0.05) is 34.0 Å². The molecule has 0 radical (unpaired) electrons. The van der Waals surface area contributed by atoms with E-state index in [2.05, 4.69) is 5.32 Å². The maximum Gasteiger partial charge on any atom is 0.248 e. The summed E-state index contributed by atoms with van der Waals surface area (Å²) in [6.45, 7) is 0. The van der Waals surface area contributed by atoms with Crippen LogP contribution in [0.15, 0.2) is 78.9 Å². The first-order valence-electron chi connectivity index (χ1n) is 8.50. The quantitative estimate of drug-likeness (QED) is 0.564. The third kappa shape index (κ3) is 3.20. The Morgan fingerprint density at radius 3 is 2.00 bits per heavy atom. The van der Waals surface area contributed by atoms with Crippen molar-refractivity contribution in [1.29, 1.82) is 0 Å². The van der Waals surface area contributed by atoms with E-state index in [4.69, 9.17) is 0 Å². The molecular formula is C23H15NO3. The molecule has 0 atom stereocenters. The van der Waals surface area contributed by atoms with Gasteiger partial charge in [-0.15, -0.1) is 0 Å². The van der Waals surface area contributed by atoms with Gasteiger partial charge in [0.2, 0.25) is 5.91 Å². The highest BCUT2D eigenvalue weighted by atomic mass is 16.1. The summed E-state index contributed by atoms with van der Waals surface area (Å²) in [6, 6.07) is 21.0. The molecular weight excluding hydrogens is 338 g/mol. The lowest BCUT2D eigenvalue weighted by Gasteiger charge is -2.18. The number of benzene rings is 3. The minimum Gasteiger partial charge on any atom is -0.322 e. The van der Waals surface area contributed by atoms with Crippen molar-refractivity contribution >= 4 is 29.2 Å². The molecule has 3 aromatic rings. The molecule has 1 N–H and O–H groups in total. The van der Waals surface area contributed by atoms with Crippen LogP contribution in [0.4, 0.5) is 5.69 Å². The Hall–Kier alpha value is -3.79. The van der Waals surface area contributed by atoms with Crippen LogP contribution in [0.5, 0.6) is 0 Å². The Balaban J connectivity index is 1.58. The van der Waals surface area contributed by atoms with E-state index in [1.54, 1.807) is 48.5 Å². The highest BCUT2D eigenvalue weighted by Crippen LogP contribution is 2.29. The predicted octanol–water partition coefficient (Wildman–Crippen LogP) is 4.11. The van der Waals surface area contributed by atoms with Crippen LogP contribution in [-0.4, -0.2) is 17.5 Å². The van der Waals surface area contributed by atoms with Gasteiger partial charge in [-0.2, -0.15) is 0 Å². The molecule has 27 heavy (non-hydrogen) atoms. The molecule has 0 saturated heterocycles. The SMILES string of the molecule is O=C(/C=C/c1ccccc1)Nc1ccc2c(c1)C(=O)c1ccccc1C2=O. The van der Waals surface area contributed by atoms with Crippen LogP contribution in [0.25, 0.3) is 6.08 Å². The molecule has 0 saturated carbocycles. The number of carbonyl (C=O) groups excluding carboxylic acids is 3. The van der Waals surface area contributed by atoms with Crippen molar-refractivity contribution in [1.82, 2.24) is 0 Å². The van der Waals surface area contributed by atoms with E-state index in [9.17, 15) is 14.4 Å². The number of amides is 1. The highest BCUT2D eigenvalue weighted by Gasteiger charge is 2.29. The lowest BCUT2D eigenvalue weighted by Crippen LogP contribution is -2.21. The van der Waals surface area contributed by atoms with Gasteiger partial charge in [0.25, 0.3) is 0 Å².